The van der Waals surface area contributed by atoms with E-state index in [0.717, 1.165) is 29.9 Å². The summed E-state index contributed by atoms with van der Waals surface area (Å²) in [6.07, 6.45) is 1.51. The molecule has 1 aliphatic rings. The number of para-hydroxylation sites is 1. The molecule has 3 rings (SSSR count). The number of nitro benzene ring substituents is 1. The molecule has 1 unspecified atom stereocenters. The van der Waals surface area contributed by atoms with E-state index in [0.29, 0.717) is 6.42 Å². The zero-order valence-corrected chi connectivity index (χ0v) is 12.9. The van der Waals surface area contributed by atoms with Crippen LogP contribution in [0.25, 0.3) is 0 Å². The van der Waals surface area contributed by atoms with Gasteiger partial charge >= 0.3 is 0 Å². The van der Waals surface area contributed by atoms with Crippen LogP contribution < -0.4 is 4.74 Å². The third-order valence-electron chi connectivity index (χ3n) is 3.66. The van der Waals surface area contributed by atoms with Gasteiger partial charge in [-0.2, -0.15) is 0 Å². The summed E-state index contributed by atoms with van der Waals surface area (Å²) in [5.74, 6) is 0.948. The van der Waals surface area contributed by atoms with Gasteiger partial charge in [-0.05, 0) is 23.6 Å². The Bertz CT molecular complexity index is 687. The van der Waals surface area contributed by atoms with Crippen LogP contribution in [-0.2, 0) is 12.8 Å². The lowest BCUT2D eigenvalue weighted by Crippen LogP contribution is -2.00. The van der Waals surface area contributed by atoms with Crippen LogP contribution in [-0.4, -0.2) is 11.5 Å². The minimum atomic E-state index is -0.328. The fourth-order valence-corrected chi connectivity index (χ4v) is 3.21. The summed E-state index contributed by atoms with van der Waals surface area (Å²) in [5.41, 5.74) is 3.24. The summed E-state index contributed by atoms with van der Waals surface area (Å²) >= 11 is 3.65. The molecule has 1 heterocycles. The SMILES string of the molecule is O=[N+]([O-])c1ccccc1CC(Br)c1ccc2c(c1)CCO2. The Morgan fingerprint density at radius 2 is 2.10 bits per heavy atom. The second kappa shape index (κ2) is 5.85. The van der Waals surface area contributed by atoms with E-state index in [1.807, 2.05) is 24.3 Å². The molecule has 4 nitrogen and oxygen atoms in total. The van der Waals surface area contributed by atoms with E-state index in [2.05, 4.69) is 22.0 Å². The molecule has 0 aliphatic carbocycles. The van der Waals surface area contributed by atoms with Gasteiger partial charge in [0, 0.05) is 22.9 Å². The Labute approximate surface area is 131 Å². The summed E-state index contributed by atoms with van der Waals surface area (Å²) in [7, 11) is 0. The van der Waals surface area contributed by atoms with Gasteiger partial charge in [0.05, 0.1) is 11.5 Å². The smallest absolute Gasteiger partial charge is 0.272 e. The van der Waals surface area contributed by atoms with Gasteiger partial charge in [0.25, 0.3) is 5.69 Å². The van der Waals surface area contributed by atoms with Crippen molar-refractivity contribution in [2.24, 2.45) is 0 Å². The molecule has 0 radical (unpaired) electrons. The van der Waals surface area contributed by atoms with Gasteiger partial charge in [0.2, 0.25) is 0 Å². The molecule has 0 saturated carbocycles. The lowest BCUT2D eigenvalue weighted by molar-refractivity contribution is -0.385. The first-order valence-electron chi connectivity index (χ1n) is 6.77. The maximum atomic E-state index is 11.1. The average Bonchev–Trinajstić information content (AvgIpc) is 2.94. The molecule has 0 N–H and O–H groups in total. The molecular weight excluding hydrogens is 334 g/mol. The van der Waals surface area contributed by atoms with E-state index in [1.54, 1.807) is 12.1 Å². The van der Waals surface area contributed by atoms with Gasteiger partial charge in [0.15, 0.2) is 0 Å². The van der Waals surface area contributed by atoms with Crippen molar-refractivity contribution in [3.8, 4) is 5.75 Å². The monoisotopic (exact) mass is 347 g/mol. The molecule has 0 bridgehead atoms. The van der Waals surface area contributed by atoms with E-state index in [4.69, 9.17) is 4.74 Å². The predicted molar refractivity (Wildman–Crippen MR) is 84.1 cm³/mol. The Morgan fingerprint density at radius 1 is 1.29 bits per heavy atom. The standard InChI is InChI=1S/C16H14BrNO3/c17-14(10-12-3-1-2-4-15(12)18(19)20)11-5-6-16-13(9-11)7-8-21-16/h1-6,9,14H,7-8,10H2. The minimum Gasteiger partial charge on any atom is -0.493 e. The lowest BCUT2D eigenvalue weighted by atomic mass is 10.0. The van der Waals surface area contributed by atoms with Crippen molar-refractivity contribution in [2.45, 2.75) is 17.7 Å². The summed E-state index contributed by atoms with van der Waals surface area (Å²) in [6, 6.07) is 13.0. The molecule has 1 atom stereocenters. The predicted octanol–water partition coefficient (Wildman–Crippen LogP) is 4.21. The maximum absolute atomic E-state index is 11.1. The fourth-order valence-electron chi connectivity index (χ4n) is 2.57. The zero-order valence-electron chi connectivity index (χ0n) is 11.3. The van der Waals surface area contributed by atoms with Gasteiger partial charge < -0.3 is 4.74 Å². The molecule has 2 aromatic carbocycles. The van der Waals surface area contributed by atoms with Gasteiger partial charge in [-0.25, -0.2) is 0 Å². The van der Waals surface area contributed by atoms with Gasteiger partial charge in [0.1, 0.15) is 5.75 Å². The number of benzene rings is 2. The van der Waals surface area contributed by atoms with E-state index >= 15 is 0 Å². The fraction of sp³-hybridized carbons (Fsp3) is 0.250. The van der Waals surface area contributed by atoms with Gasteiger partial charge in [-0.1, -0.05) is 46.3 Å². The van der Waals surface area contributed by atoms with Crippen molar-refractivity contribution in [2.75, 3.05) is 6.61 Å². The molecule has 1 aliphatic heterocycles. The van der Waals surface area contributed by atoms with Crippen molar-refractivity contribution < 1.29 is 9.66 Å². The number of hydrogen-bond donors (Lipinski definition) is 0. The van der Waals surface area contributed by atoms with Crippen LogP contribution in [0.5, 0.6) is 5.75 Å². The van der Waals surface area contributed by atoms with Crippen LogP contribution in [0, 0.1) is 10.1 Å². The number of nitrogens with zero attached hydrogens (tertiary/aromatic N) is 1. The van der Waals surface area contributed by atoms with Crippen molar-refractivity contribution in [3.05, 3.63) is 69.3 Å². The third-order valence-corrected chi connectivity index (χ3v) is 4.52. The van der Waals surface area contributed by atoms with Crippen molar-refractivity contribution >= 4 is 21.6 Å². The first-order chi connectivity index (χ1) is 10.1. The van der Waals surface area contributed by atoms with E-state index in [9.17, 15) is 10.1 Å². The van der Waals surface area contributed by atoms with E-state index in [-0.39, 0.29) is 15.4 Å². The zero-order chi connectivity index (χ0) is 14.8. The van der Waals surface area contributed by atoms with Crippen LogP contribution in [0.2, 0.25) is 0 Å². The number of nitro groups is 1. The molecule has 21 heavy (non-hydrogen) atoms. The second-order valence-corrected chi connectivity index (χ2v) is 6.13. The average molecular weight is 348 g/mol. The number of halogens is 1. The van der Waals surface area contributed by atoms with Crippen LogP contribution in [0.4, 0.5) is 5.69 Å². The van der Waals surface area contributed by atoms with Crippen LogP contribution >= 0.6 is 15.9 Å². The Morgan fingerprint density at radius 3 is 2.90 bits per heavy atom. The van der Waals surface area contributed by atoms with E-state index < -0.39 is 0 Å². The first-order valence-corrected chi connectivity index (χ1v) is 7.68. The van der Waals surface area contributed by atoms with Crippen LogP contribution in [0.15, 0.2) is 42.5 Å². The number of ether oxygens (including phenoxy) is 1. The number of rotatable bonds is 4. The molecule has 0 aromatic heterocycles. The third kappa shape index (κ3) is 2.93. The van der Waals surface area contributed by atoms with E-state index in [1.165, 1.54) is 5.56 Å². The molecule has 5 heteroatoms. The molecule has 0 saturated heterocycles. The molecule has 108 valence electrons. The Kier molecular flexibility index (Phi) is 3.92. The normalized spacial score (nSPS) is 14.3. The molecular formula is C16H14BrNO3. The highest BCUT2D eigenvalue weighted by molar-refractivity contribution is 9.09. The van der Waals surface area contributed by atoms with Gasteiger partial charge in [-0.3, -0.25) is 10.1 Å². The molecule has 2 aromatic rings. The largest absolute Gasteiger partial charge is 0.493 e. The minimum absolute atomic E-state index is 0.0458. The van der Waals surface area contributed by atoms with Crippen molar-refractivity contribution in [3.63, 3.8) is 0 Å². The van der Waals surface area contributed by atoms with Gasteiger partial charge in [-0.15, -0.1) is 0 Å². The van der Waals surface area contributed by atoms with Crippen LogP contribution in [0.1, 0.15) is 21.5 Å². The summed E-state index contributed by atoms with van der Waals surface area (Å²) < 4.78 is 5.50. The van der Waals surface area contributed by atoms with Crippen molar-refractivity contribution in [1.29, 1.82) is 0 Å². The molecule has 0 fully saturated rings. The highest BCUT2D eigenvalue weighted by Crippen LogP contribution is 2.34. The quantitative estimate of drug-likeness (QED) is 0.473. The number of alkyl halides is 1. The molecule has 0 amide bonds. The number of hydrogen-bond acceptors (Lipinski definition) is 3. The highest BCUT2D eigenvalue weighted by Gasteiger charge is 2.19. The lowest BCUT2D eigenvalue weighted by Gasteiger charge is -2.12. The highest BCUT2D eigenvalue weighted by atomic mass is 79.9. The molecule has 0 spiro atoms. The maximum Gasteiger partial charge on any atom is 0.272 e. The first kappa shape index (κ1) is 14.1. The van der Waals surface area contributed by atoms with Crippen molar-refractivity contribution in [1.82, 2.24) is 0 Å². The number of fused-ring (bicyclic) bond motifs is 1. The Hall–Kier alpha value is -1.88. The second-order valence-electron chi connectivity index (χ2n) is 5.02. The summed E-state index contributed by atoms with van der Waals surface area (Å²) in [5, 5.41) is 11.1. The van der Waals surface area contributed by atoms with Crippen LogP contribution in [0.3, 0.4) is 0 Å². The topological polar surface area (TPSA) is 52.4 Å². The Balaban J connectivity index is 1.83. The summed E-state index contributed by atoms with van der Waals surface area (Å²) in [4.78, 5) is 10.8. The summed E-state index contributed by atoms with van der Waals surface area (Å²) in [6.45, 7) is 0.732.